The normalized spacial score (nSPS) is 18.4. The lowest BCUT2D eigenvalue weighted by molar-refractivity contribution is -0.125. The molecule has 1 aromatic heterocycles. The number of morpholine rings is 1. The summed E-state index contributed by atoms with van der Waals surface area (Å²) in [5.74, 6) is -0.344. The summed E-state index contributed by atoms with van der Waals surface area (Å²) in [5.41, 5.74) is 1.42. The maximum atomic E-state index is 12.2. The summed E-state index contributed by atoms with van der Waals surface area (Å²) in [4.78, 5) is 39.9. The van der Waals surface area contributed by atoms with Gasteiger partial charge in [-0.3, -0.25) is 14.5 Å². The zero-order chi connectivity index (χ0) is 22.4. The summed E-state index contributed by atoms with van der Waals surface area (Å²) in [6.07, 6.45) is -0.930. The summed E-state index contributed by atoms with van der Waals surface area (Å²) >= 11 is 7.03. The van der Waals surface area contributed by atoms with E-state index in [1.807, 2.05) is 13.8 Å². The minimum absolute atomic E-state index is 0.0747. The highest BCUT2D eigenvalue weighted by molar-refractivity contribution is 7.18. The Labute approximate surface area is 189 Å². The molecule has 1 N–H and O–H groups in total. The number of anilines is 2. The highest BCUT2D eigenvalue weighted by Gasteiger charge is 2.33. The van der Waals surface area contributed by atoms with Crippen molar-refractivity contribution in [1.82, 2.24) is 5.32 Å². The number of nitrogens with zero attached hydrogens (tertiary/aromatic N) is 2. The second kappa shape index (κ2) is 10.6. The average molecular weight is 466 g/mol. The molecule has 0 spiro atoms. The van der Waals surface area contributed by atoms with Gasteiger partial charge >= 0.3 is 6.09 Å². The molecule has 1 aromatic carbocycles. The van der Waals surface area contributed by atoms with Crippen LogP contribution in [-0.2, 0) is 14.3 Å². The van der Waals surface area contributed by atoms with Crippen LogP contribution >= 0.6 is 22.9 Å². The van der Waals surface area contributed by atoms with Crippen LogP contribution in [0.15, 0.2) is 36.4 Å². The van der Waals surface area contributed by atoms with Crippen molar-refractivity contribution in [3.63, 3.8) is 0 Å². The van der Waals surface area contributed by atoms with E-state index in [0.29, 0.717) is 34.6 Å². The lowest BCUT2D eigenvalue weighted by atomic mass is 10.2. The largest absolute Gasteiger partial charge is 0.442 e. The number of amides is 3. The zero-order valence-corrected chi connectivity index (χ0v) is 18.9. The second-order valence-electron chi connectivity index (χ2n) is 6.54. The molecule has 3 amide bonds. The van der Waals surface area contributed by atoms with E-state index >= 15 is 0 Å². The van der Waals surface area contributed by atoms with E-state index in [0.717, 1.165) is 5.69 Å². The minimum atomic E-state index is -0.474. The van der Waals surface area contributed by atoms with Gasteiger partial charge in [-0.1, -0.05) is 25.4 Å². The van der Waals surface area contributed by atoms with Crippen LogP contribution in [0.5, 0.6) is 0 Å². The van der Waals surface area contributed by atoms with Crippen LogP contribution in [0.3, 0.4) is 0 Å². The standard InChI is InChI=1S/C19H18ClN3O5S.C2H6/c20-16-6-5-15(29-16)18(25)21-9-14-10-23(19(26)28-14)13-3-1-12(2-4-13)22-7-8-27-11-17(22)24;1-2/h1-6,14H,7-11H2,(H,21,25);1-2H3. The first-order valence-electron chi connectivity index (χ1n) is 10.0. The fourth-order valence-corrected chi connectivity index (χ4v) is 4.13. The van der Waals surface area contributed by atoms with E-state index in [9.17, 15) is 14.4 Å². The van der Waals surface area contributed by atoms with Crippen LogP contribution in [-0.4, -0.2) is 56.9 Å². The van der Waals surface area contributed by atoms with Crippen molar-refractivity contribution < 1.29 is 23.9 Å². The molecule has 1 unspecified atom stereocenters. The van der Waals surface area contributed by atoms with Gasteiger partial charge in [-0.25, -0.2) is 4.79 Å². The van der Waals surface area contributed by atoms with Crippen molar-refractivity contribution in [2.45, 2.75) is 20.0 Å². The number of halogens is 1. The van der Waals surface area contributed by atoms with Crippen LogP contribution in [0.1, 0.15) is 23.5 Å². The molecule has 3 heterocycles. The predicted molar refractivity (Wildman–Crippen MR) is 120 cm³/mol. The summed E-state index contributed by atoms with van der Waals surface area (Å²) in [7, 11) is 0. The zero-order valence-electron chi connectivity index (χ0n) is 17.3. The summed E-state index contributed by atoms with van der Waals surface area (Å²) in [6, 6.07) is 10.4. The van der Waals surface area contributed by atoms with Crippen LogP contribution in [0.2, 0.25) is 4.34 Å². The van der Waals surface area contributed by atoms with Crippen molar-refractivity contribution in [1.29, 1.82) is 0 Å². The minimum Gasteiger partial charge on any atom is -0.442 e. The molecule has 8 nitrogen and oxygen atoms in total. The molecule has 2 saturated heterocycles. The van der Waals surface area contributed by atoms with Crippen LogP contribution in [0.4, 0.5) is 16.2 Å². The molecule has 2 aromatic rings. The molecule has 10 heteroatoms. The molecule has 0 aliphatic carbocycles. The lowest BCUT2D eigenvalue weighted by Crippen LogP contribution is -2.41. The number of carbonyl (C=O) groups excluding carboxylic acids is 3. The number of cyclic esters (lactones) is 1. The number of thiophene rings is 1. The molecule has 2 fully saturated rings. The van der Waals surface area contributed by atoms with Gasteiger partial charge in [0.2, 0.25) is 0 Å². The van der Waals surface area contributed by atoms with Gasteiger partial charge in [-0.05, 0) is 36.4 Å². The number of hydrogen-bond donors (Lipinski definition) is 1. The first-order valence-corrected chi connectivity index (χ1v) is 11.2. The average Bonchev–Trinajstić information content (AvgIpc) is 3.39. The van der Waals surface area contributed by atoms with Gasteiger partial charge in [-0.15, -0.1) is 11.3 Å². The Balaban J connectivity index is 0.00000132. The fraction of sp³-hybridized carbons (Fsp3) is 0.381. The number of nitrogens with one attached hydrogen (secondary N) is 1. The topological polar surface area (TPSA) is 88.2 Å². The van der Waals surface area contributed by atoms with Crippen molar-refractivity contribution >= 4 is 52.2 Å². The number of rotatable bonds is 5. The first-order chi connectivity index (χ1) is 15.0. The Kier molecular flexibility index (Phi) is 7.89. The van der Waals surface area contributed by atoms with Crippen molar-refractivity contribution in [3.05, 3.63) is 45.6 Å². The SMILES string of the molecule is CC.O=C(NCC1CN(c2ccc(N3CCOCC3=O)cc2)C(=O)O1)c1ccc(Cl)s1. The Morgan fingerprint density at radius 1 is 1.13 bits per heavy atom. The second-order valence-corrected chi connectivity index (χ2v) is 8.26. The Hall–Kier alpha value is -2.62. The summed E-state index contributed by atoms with van der Waals surface area (Å²) in [5, 5.41) is 2.76. The molecule has 1 atom stereocenters. The van der Waals surface area contributed by atoms with Gasteiger partial charge in [0.25, 0.3) is 11.8 Å². The van der Waals surface area contributed by atoms with Gasteiger partial charge in [0, 0.05) is 17.9 Å². The molecule has 0 radical (unpaired) electrons. The maximum absolute atomic E-state index is 12.2. The Morgan fingerprint density at radius 2 is 1.81 bits per heavy atom. The fourth-order valence-electron chi connectivity index (χ4n) is 3.17. The number of hydrogen-bond acceptors (Lipinski definition) is 6. The monoisotopic (exact) mass is 465 g/mol. The van der Waals surface area contributed by atoms with Crippen molar-refractivity contribution in [2.24, 2.45) is 0 Å². The Morgan fingerprint density at radius 3 is 2.42 bits per heavy atom. The number of ether oxygens (including phenoxy) is 2. The first kappa shape index (κ1) is 23.1. The van der Waals surface area contributed by atoms with E-state index in [-0.39, 0.29) is 25.0 Å². The van der Waals surface area contributed by atoms with Crippen LogP contribution in [0.25, 0.3) is 0 Å². The van der Waals surface area contributed by atoms with E-state index in [1.165, 1.54) is 16.2 Å². The molecular weight excluding hydrogens is 442 g/mol. The third kappa shape index (κ3) is 5.55. The quantitative estimate of drug-likeness (QED) is 0.729. The third-order valence-electron chi connectivity index (χ3n) is 4.62. The molecule has 2 aliphatic heterocycles. The van der Waals surface area contributed by atoms with E-state index < -0.39 is 12.2 Å². The van der Waals surface area contributed by atoms with Gasteiger partial charge < -0.3 is 19.7 Å². The van der Waals surface area contributed by atoms with Gasteiger partial charge in [-0.2, -0.15) is 0 Å². The smallest absolute Gasteiger partial charge is 0.414 e. The van der Waals surface area contributed by atoms with Crippen LogP contribution < -0.4 is 15.1 Å². The maximum Gasteiger partial charge on any atom is 0.414 e. The van der Waals surface area contributed by atoms with Crippen LogP contribution in [0, 0.1) is 0 Å². The molecule has 4 rings (SSSR count). The van der Waals surface area contributed by atoms with Gasteiger partial charge in [0.1, 0.15) is 12.7 Å². The number of benzene rings is 1. The van der Waals surface area contributed by atoms with E-state index in [4.69, 9.17) is 21.1 Å². The third-order valence-corrected chi connectivity index (χ3v) is 5.85. The highest BCUT2D eigenvalue weighted by atomic mass is 35.5. The summed E-state index contributed by atoms with van der Waals surface area (Å²) in [6.45, 7) is 5.60. The molecule has 2 aliphatic rings. The van der Waals surface area contributed by atoms with Gasteiger partial charge in [0.05, 0.1) is 28.9 Å². The van der Waals surface area contributed by atoms with Crippen molar-refractivity contribution in [3.8, 4) is 0 Å². The Bertz CT molecular complexity index is 933. The lowest BCUT2D eigenvalue weighted by Gasteiger charge is -2.27. The predicted octanol–water partition coefficient (Wildman–Crippen LogP) is 3.55. The molecule has 166 valence electrons. The summed E-state index contributed by atoms with van der Waals surface area (Å²) < 4.78 is 11.0. The number of carbonyl (C=O) groups is 3. The molecule has 31 heavy (non-hydrogen) atoms. The van der Waals surface area contributed by atoms with Crippen molar-refractivity contribution in [2.75, 3.05) is 42.6 Å². The van der Waals surface area contributed by atoms with E-state index in [2.05, 4.69) is 5.32 Å². The van der Waals surface area contributed by atoms with E-state index in [1.54, 1.807) is 41.3 Å². The molecule has 0 saturated carbocycles. The molecule has 0 bridgehead atoms. The molecular formula is C21H24ClN3O5S. The highest BCUT2D eigenvalue weighted by Crippen LogP contribution is 2.26. The van der Waals surface area contributed by atoms with Gasteiger partial charge in [0.15, 0.2) is 0 Å².